The first-order valence-electron chi connectivity index (χ1n) is 6.74. The molecule has 0 saturated heterocycles. The SMILES string of the molecule is CCCC(NC)C(CC)S(=O)(=O)c1ccc(Cl)c(Cl)c1. The smallest absolute Gasteiger partial charge is 0.182 e. The highest BCUT2D eigenvalue weighted by atomic mass is 35.5. The molecule has 0 spiro atoms. The Labute approximate surface area is 131 Å². The molecule has 2 atom stereocenters. The summed E-state index contributed by atoms with van der Waals surface area (Å²) in [4.78, 5) is 0.232. The number of hydrogen-bond acceptors (Lipinski definition) is 3. The molecule has 2 unspecified atom stereocenters. The molecule has 0 heterocycles. The summed E-state index contributed by atoms with van der Waals surface area (Å²) in [5.74, 6) is 0. The van der Waals surface area contributed by atoms with Gasteiger partial charge in [0, 0.05) is 6.04 Å². The molecular formula is C14H21Cl2NO2S. The van der Waals surface area contributed by atoms with Crippen molar-refractivity contribution in [3.63, 3.8) is 0 Å². The number of rotatable bonds is 7. The molecule has 0 fully saturated rings. The van der Waals surface area contributed by atoms with Crippen LogP contribution in [0.25, 0.3) is 0 Å². The Hall–Kier alpha value is -0.290. The Morgan fingerprint density at radius 3 is 2.30 bits per heavy atom. The molecule has 0 saturated carbocycles. The maximum Gasteiger partial charge on any atom is 0.182 e. The highest BCUT2D eigenvalue weighted by Crippen LogP contribution is 2.29. The Bertz CT molecular complexity index is 546. The van der Waals surface area contributed by atoms with Crippen LogP contribution in [0.4, 0.5) is 0 Å². The average Bonchev–Trinajstić information content (AvgIpc) is 2.41. The highest BCUT2D eigenvalue weighted by molar-refractivity contribution is 7.92. The Balaban J connectivity index is 3.20. The van der Waals surface area contributed by atoms with Crippen LogP contribution in [0.3, 0.4) is 0 Å². The van der Waals surface area contributed by atoms with Gasteiger partial charge in [0.1, 0.15) is 0 Å². The lowest BCUT2D eigenvalue weighted by molar-refractivity contribution is 0.464. The van der Waals surface area contributed by atoms with Crippen LogP contribution >= 0.6 is 23.2 Å². The summed E-state index contributed by atoms with van der Waals surface area (Å²) >= 11 is 11.8. The molecule has 1 aromatic carbocycles. The summed E-state index contributed by atoms with van der Waals surface area (Å²) in [5.41, 5.74) is 0. The van der Waals surface area contributed by atoms with E-state index in [9.17, 15) is 8.42 Å². The van der Waals surface area contributed by atoms with Gasteiger partial charge in [-0.25, -0.2) is 8.42 Å². The molecule has 0 bridgehead atoms. The van der Waals surface area contributed by atoms with Gasteiger partial charge in [-0.2, -0.15) is 0 Å². The van der Waals surface area contributed by atoms with Gasteiger partial charge in [-0.15, -0.1) is 0 Å². The van der Waals surface area contributed by atoms with E-state index in [2.05, 4.69) is 5.32 Å². The summed E-state index contributed by atoms with van der Waals surface area (Å²) < 4.78 is 25.5. The van der Waals surface area contributed by atoms with E-state index < -0.39 is 15.1 Å². The third kappa shape index (κ3) is 3.88. The fourth-order valence-electron chi connectivity index (χ4n) is 2.38. The molecule has 1 aromatic rings. The number of halogens is 2. The molecule has 0 aliphatic heterocycles. The topological polar surface area (TPSA) is 46.2 Å². The van der Waals surface area contributed by atoms with Crippen molar-refractivity contribution in [3.8, 4) is 0 Å². The van der Waals surface area contributed by atoms with Crippen LogP contribution in [0.1, 0.15) is 33.1 Å². The first-order valence-corrected chi connectivity index (χ1v) is 9.04. The monoisotopic (exact) mass is 337 g/mol. The molecule has 0 amide bonds. The van der Waals surface area contributed by atoms with Crippen LogP contribution in [0.5, 0.6) is 0 Å². The van der Waals surface area contributed by atoms with Gasteiger partial charge in [-0.1, -0.05) is 43.5 Å². The van der Waals surface area contributed by atoms with Crippen molar-refractivity contribution in [3.05, 3.63) is 28.2 Å². The van der Waals surface area contributed by atoms with Crippen molar-refractivity contribution >= 4 is 33.0 Å². The molecule has 0 aliphatic rings. The highest BCUT2D eigenvalue weighted by Gasteiger charge is 2.32. The zero-order valence-electron chi connectivity index (χ0n) is 12.0. The van der Waals surface area contributed by atoms with Crippen molar-refractivity contribution in [1.29, 1.82) is 0 Å². The van der Waals surface area contributed by atoms with Crippen LogP contribution in [0, 0.1) is 0 Å². The quantitative estimate of drug-likeness (QED) is 0.819. The number of benzene rings is 1. The zero-order valence-corrected chi connectivity index (χ0v) is 14.3. The standard InChI is InChI=1S/C14H21Cl2NO2S/c1-4-6-13(17-3)14(5-2)20(18,19)10-7-8-11(15)12(16)9-10/h7-9,13-14,17H,4-6H2,1-3H3. The maximum absolute atomic E-state index is 12.8. The predicted octanol–water partition coefficient (Wildman–Crippen LogP) is 3.93. The second-order valence-electron chi connectivity index (χ2n) is 4.75. The van der Waals surface area contributed by atoms with Crippen molar-refractivity contribution in [2.75, 3.05) is 7.05 Å². The lowest BCUT2D eigenvalue weighted by atomic mass is 10.1. The first-order chi connectivity index (χ1) is 9.38. The number of sulfone groups is 1. The summed E-state index contributed by atoms with van der Waals surface area (Å²) in [6.07, 6.45) is 2.29. The third-order valence-electron chi connectivity index (χ3n) is 3.44. The summed E-state index contributed by atoms with van der Waals surface area (Å²) in [7, 11) is -1.63. The fourth-order valence-corrected chi connectivity index (χ4v) is 4.77. The molecule has 0 radical (unpaired) electrons. The minimum Gasteiger partial charge on any atom is -0.316 e. The minimum absolute atomic E-state index is 0.0653. The molecule has 1 N–H and O–H groups in total. The fraction of sp³-hybridized carbons (Fsp3) is 0.571. The molecule has 0 aliphatic carbocycles. The van der Waals surface area contributed by atoms with E-state index in [0.717, 1.165) is 12.8 Å². The van der Waals surface area contributed by atoms with Gasteiger partial charge in [0.05, 0.1) is 20.2 Å². The van der Waals surface area contributed by atoms with Crippen LogP contribution in [0.15, 0.2) is 23.1 Å². The lowest BCUT2D eigenvalue weighted by Crippen LogP contribution is -2.42. The third-order valence-corrected chi connectivity index (χ3v) is 6.55. The van der Waals surface area contributed by atoms with Crippen molar-refractivity contribution in [1.82, 2.24) is 5.32 Å². The molecule has 114 valence electrons. The van der Waals surface area contributed by atoms with Crippen LogP contribution < -0.4 is 5.32 Å². The Kier molecular flexibility index (Phi) is 6.79. The van der Waals surface area contributed by atoms with Crippen LogP contribution in [-0.2, 0) is 9.84 Å². The normalized spacial score (nSPS) is 15.1. The number of nitrogens with one attached hydrogen (secondary N) is 1. The van der Waals surface area contributed by atoms with E-state index in [-0.39, 0.29) is 16.0 Å². The Morgan fingerprint density at radius 1 is 1.20 bits per heavy atom. The Morgan fingerprint density at radius 2 is 1.85 bits per heavy atom. The summed E-state index contributed by atoms with van der Waals surface area (Å²) in [6.45, 7) is 3.93. The molecular weight excluding hydrogens is 317 g/mol. The van der Waals surface area contributed by atoms with Crippen LogP contribution in [0.2, 0.25) is 10.0 Å². The van der Waals surface area contributed by atoms with E-state index in [1.54, 1.807) is 7.05 Å². The van der Waals surface area contributed by atoms with Gasteiger partial charge in [0.15, 0.2) is 9.84 Å². The van der Waals surface area contributed by atoms with Gasteiger partial charge >= 0.3 is 0 Å². The maximum atomic E-state index is 12.8. The van der Waals surface area contributed by atoms with E-state index in [4.69, 9.17) is 23.2 Å². The van der Waals surface area contributed by atoms with Gasteiger partial charge < -0.3 is 5.32 Å². The average molecular weight is 338 g/mol. The lowest BCUT2D eigenvalue weighted by Gasteiger charge is -2.25. The zero-order chi connectivity index (χ0) is 15.3. The first kappa shape index (κ1) is 17.8. The van der Waals surface area contributed by atoms with Gasteiger partial charge in [0.2, 0.25) is 0 Å². The van der Waals surface area contributed by atoms with E-state index in [1.807, 2.05) is 13.8 Å². The number of hydrogen-bond donors (Lipinski definition) is 1. The van der Waals surface area contributed by atoms with Crippen molar-refractivity contribution < 1.29 is 8.42 Å². The van der Waals surface area contributed by atoms with Gasteiger partial charge in [-0.3, -0.25) is 0 Å². The molecule has 3 nitrogen and oxygen atoms in total. The van der Waals surface area contributed by atoms with Crippen molar-refractivity contribution in [2.45, 2.75) is 49.3 Å². The van der Waals surface area contributed by atoms with E-state index in [1.165, 1.54) is 18.2 Å². The van der Waals surface area contributed by atoms with Crippen LogP contribution in [-0.4, -0.2) is 26.8 Å². The molecule has 20 heavy (non-hydrogen) atoms. The van der Waals surface area contributed by atoms with Gasteiger partial charge in [0.25, 0.3) is 0 Å². The van der Waals surface area contributed by atoms with Crippen molar-refractivity contribution in [2.24, 2.45) is 0 Å². The largest absolute Gasteiger partial charge is 0.316 e. The summed E-state index contributed by atoms with van der Waals surface area (Å²) in [5, 5.41) is 3.27. The van der Waals surface area contributed by atoms with E-state index in [0.29, 0.717) is 11.4 Å². The predicted molar refractivity (Wildman–Crippen MR) is 85.5 cm³/mol. The molecule has 1 rings (SSSR count). The van der Waals surface area contributed by atoms with E-state index >= 15 is 0 Å². The second kappa shape index (κ2) is 7.64. The minimum atomic E-state index is -3.43. The van der Waals surface area contributed by atoms with Gasteiger partial charge in [-0.05, 0) is 38.1 Å². The molecule has 0 aromatic heterocycles. The summed E-state index contributed by atoms with van der Waals surface area (Å²) in [6, 6.07) is 4.41. The second-order valence-corrected chi connectivity index (χ2v) is 7.73. The molecule has 6 heteroatoms.